The zero-order chi connectivity index (χ0) is 27.1. The van der Waals surface area contributed by atoms with Crippen molar-refractivity contribution in [2.45, 2.75) is 103 Å². The van der Waals surface area contributed by atoms with Crippen LogP contribution in [-0.4, -0.2) is 63.9 Å². The number of alkyl carbamates (subject to hydrolysis) is 1. The summed E-state index contributed by atoms with van der Waals surface area (Å²) in [6, 6.07) is 7.91. The summed E-state index contributed by atoms with van der Waals surface area (Å²) in [5.41, 5.74) is 4.06. The molecule has 0 aliphatic carbocycles. The van der Waals surface area contributed by atoms with Crippen LogP contribution in [0.1, 0.15) is 83.2 Å². The van der Waals surface area contributed by atoms with Crippen LogP contribution < -0.4 is 5.32 Å². The number of rotatable bonds is 11. The van der Waals surface area contributed by atoms with Gasteiger partial charge in [-0.1, -0.05) is 50.8 Å². The third kappa shape index (κ3) is 7.37. The lowest BCUT2D eigenvalue weighted by atomic mass is 9.98. The van der Waals surface area contributed by atoms with Crippen molar-refractivity contribution in [1.29, 1.82) is 0 Å². The molecule has 1 aromatic heterocycles. The minimum absolute atomic E-state index is 0.0722. The van der Waals surface area contributed by atoms with Gasteiger partial charge in [0.2, 0.25) is 0 Å². The first-order valence-electron chi connectivity index (χ1n) is 14.3. The number of aromatic nitrogens is 2. The van der Waals surface area contributed by atoms with E-state index in [1.54, 1.807) is 0 Å². The number of esters is 1. The third-order valence-corrected chi connectivity index (χ3v) is 7.37. The fraction of sp³-hybridized carbons (Fsp3) is 0.633. The maximum atomic E-state index is 13.4. The minimum atomic E-state index is -0.551. The molecule has 1 N–H and O–H groups in total. The molecule has 4 rings (SSSR count). The lowest BCUT2D eigenvalue weighted by Crippen LogP contribution is -2.46. The summed E-state index contributed by atoms with van der Waals surface area (Å²) in [5.74, 6) is -0.198. The first-order valence-corrected chi connectivity index (χ1v) is 14.3. The fourth-order valence-corrected chi connectivity index (χ4v) is 5.45. The quantitative estimate of drug-likeness (QED) is 0.329. The number of nitrogens with zero attached hydrogens (tertiary/aromatic N) is 3. The Kier molecular flexibility index (Phi) is 9.47. The van der Waals surface area contributed by atoms with Gasteiger partial charge in [-0.05, 0) is 58.1 Å². The van der Waals surface area contributed by atoms with E-state index in [1.165, 1.54) is 36.2 Å². The normalized spacial score (nSPS) is 17.9. The lowest BCUT2D eigenvalue weighted by Gasteiger charge is -2.27. The molecule has 0 bridgehead atoms. The highest BCUT2D eigenvalue weighted by Gasteiger charge is 2.36. The van der Waals surface area contributed by atoms with E-state index in [2.05, 4.69) is 46.0 Å². The SMILES string of the molecule is CCCCCCCOC(=O)[C@H](Cc1ncn2c1CCc1ccccc1-2)N1CC[C@H](NC(=O)OC(C)(C)C)C1. The highest BCUT2D eigenvalue weighted by atomic mass is 16.6. The average Bonchev–Trinajstić information content (AvgIpc) is 3.50. The number of fused-ring (bicyclic) bond motifs is 3. The topological polar surface area (TPSA) is 85.7 Å². The molecule has 8 nitrogen and oxygen atoms in total. The largest absolute Gasteiger partial charge is 0.465 e. The van der Waals surface area contributed by atoms with E-state index in [0.29, 0.717) is 26.1 Å². The van der Waals surface area contributed by atoms with Gasteiger partial charge < -0.3 is 19.4 Å². The highest BCUT2D eigenvalue weighted by molar-refractivity contribution is 5.76. The smallest absolute Gasteiger partial charge is 0.407 e. The maximum Gasteiger partial charge on any atom is 0.407 e. The number of aryl methyl sites for hydroxylation is 1. The summed E-state index contributed by atoms with van der Waals surface area (Å²) in [6.07, 6.45) is 10.1. The second kappa shape index (κ2) is 12.8. The first kappa shape index (κ1) is 28.1. The van der Waals surface area contributed by atoms with Crippen molar-refractivity contribution in [2.75, 3.05) is 19.7 Å². The molecule has 8 heteroatoms. The van der Waals surface area contributed by atoms with Crippen molar-refractivity contribution in [3.8, 4) is 5.69 Å². The maximum absolute atomic E-state index is 13.4. The predicted molar refractivity (Wildman–Crippen MR) is 148 cm³/mol. The number of unbranched alkanes of at least 4 members (excludes halogenated alkanes) is 4. The summed E-state index contributed by atoms with van der Waals surface area (Å²) in [4.78, 5) is 32.7. The van der Waals surface area contributed by atoms with Crippen molar-refractivity contribution >= 4 is 12.1 Å². The second-order valence-electron chi connectivity index (χ2n) is 11.6. The molecule has 1 fully saturated rings. The van der Waals surface area contributed by atoms with E-state index in [1.807, 2.05) is 27.1 Å². The summed E-state index contributed by atoms with van der Waals surface area (Å²) < 4.78 is 13.4. The Morgan fingerprint density at radius 1 is 1.13 bits per heavy atom. The molecule has 208 valence electrons. The molecule has 38 heavy (non-hydrogen) atoms. The van der Waals surface area contributed by atoms with Gasteiger partial charge in [0.1, 0.15) is 11.6 Å². The number of hydrogen-bond donors (Lipinski definition) is 1. The van der Waals surface area contributed by atoms with Gasteiger partial charge in [0.25, 0.3) is 0 Å². The fourth-order valence-electron chi connectivity index (χ4n) is 5.45. The molecule has 0 radical (unpaired) electrons. The molecule has 3 heterocycles. The van der Waals surface area contributed by atoms with E-state index in [0.717, 1.165) is 37.8 Å². The van der Waals surface area contributed by atoms with Crippen molar-refractivity contribution in [3.05, 3.63) is 47.5 Å². The molecule has 2 atom stereocenters. The molecule has 0 unspecified atom stereocenters. The number of imidazole rings is 1. The number of likely N-dealkylation sites (tertiary alicyclic amines) is 1. The Morgan fingerprint density at radius 2 is 1.92 bits per heavy atom. The minimum Gasteiger partial charge on any atom is -0.465 e. The zero-order valence-electron chi connectivity index (χ0n) is 23.5. The van der Waals surface area contributed by atoms with Crippen LogP contribution in [0.5, 0.6) is 0 Å². The molecular weight excluding hydrogens is 480 g/mol. The van der Waals surface area contributed by atoms with Crippen molar-refractivity contribution < 1.29 is 19.1 Å². The predicted octanol–water partition coefficient (Wildman–Crippen LogP) is 4.99. The van der Waals surface area contributed by atoms with Gasteiger partial charge in [-0.15, -0.1) is 0 Å². The average molecular weight is 525 g/mol. The number of nitrogens with one attached hydrogen (secondary N) is 1. The van der Waals surface area contributed by atoms with Gasteiger partial charge in [-0.2, -0.15) is 0 Å². The Bertz CT molecular complexity index is 1090. The monoisotopic (exact) mass is 524 g/mol. The van der Waals surface area contributed by atoms with E-state index in [-0.39, 0.29) is 12.0 Å². The lowest BCUT2D eigenvalue weighted by molar-refractivity contribution is -0.149. The van der Waals surface area contributed by atoms with Gasteiger partial charge in [-0.3, -0.25) is 9.69 Å². The third-order valence-electron chi connectivity index (χ3n) is 7.37. The van der Waals surface area contributed by atoms with Crippen LogP contribution in [0, 0.1) is 0 Å². The van der Waals surface area contributed by atoms with Gasteiger partial charge in [0, 0.05) is 36.9 Å². The molecule has 2 aromatic rings. The standard InChI is InChI=1S/C30H44N4O4/c1-5-6-7-8-11-18-37-28(35)27(33-17-16-23(20-33)32-29(36)38-30(2,3)4)19-24-26-15-14-22-12-9-10-13-25(22)34(26)21-31-24/h9-10,12-13,21,23,27H,5-8,11,14-20H2,1-4H3,(H,32,36)/t23-,27-/m0/s1. The van der Waals surface area contributed by atoms with Crippen LogP contribution in [0.3, 0.4) is 0 Å². The van der Waals surface area contributed by atoms with Crippen molar-refractivity contribution in [2.24, 2.45) is 0 Å². The van der Waals surface area contributed by atoms with Gasteiger partial charge >= 0.3 is 12.1 Å². The van der Waals surface area contributed by atoms with E-state index >= 15 is 0 Å². The Hall–Kier alpha value is -2.87. The van der Waals surface area contributed by atoms with Gasteiger partial charge in [0.05, 0.1) is 18.6 Å². The number of benzene rings is 1. The summed E-state index contributed by atoms with van der Waals surface area (Å²) in [7, 11) is 0. The first-order chi connectivity index (χ1) is 18.2. The Morgan fingerprint density at radius 3 is 2.71 bits per heavy atom. The zero-order valence-corrected chi connectivity index (χ0v) is 23.5. The highest BCUT2D eigenvalue weighted by Crippen LogP contribution is 2.28. The van der Waals surface area contributed by atoms with Crippen LogP contribution in [0.15, 0.2) is 30.6 Å². The molecule has 1 saturated heterocycles. The molecule has 2 aliphatic rings. The molecule has 0 spiro atoms. The summed E-state index contributed by atoms with van der Waals surface area (Å²) >= 11 is 0. The molecule has 1 amide bonds. The summed E-state index contributed by atoms with van der Waals surface area (Å²) in [5, 5.41) is 2.98. The Labute approximate surface area is 227 Å². The van der Waals surface area contributed by atoms with Gasteiger partial charge in [0.15, 0.2) is 0 Å². The van der Waals surface area contributed by atoms with Crippen LogP contribution in [0.4, 0.5) is 4.79 Å². The van der Waals surface area contributed by atoms with Crippen LogP contribution in [0.2, 0.25) is 0 Å². The van der Waals surface area contributed by atoms with Crippen LogP contribution >= 0.6 is 0 Å². The number of carbonyl (C=O) groups excluding carboxylic acids is 2. The van der Waals surface area contributed by atoms with Crippen LogP contribution in [0.25, 0.3) is 5.69 Å². The van der Waals surface area contributed by atoms with E-state index in [9.17, 15) is 9.59 Å². The van der Waals surface area contributed by atoms with Crippen LogP contribution in [-0.2, 0) is 33.5 Å². The van der Waals surface area contributed by atoms with E-state index < -0.39 is 17.7 Å². The Balaban J connectivity index is 1.44. The number of carbonyl (C=O) groups is 2. The van der Waals surface area contributed by atoms with E-state index in [4.69, 9.17) is 14.5 Å². The second-order valence-corrected chi connectivity index (χ2v) is 11.6. The molecule has 0 saturated carbocycles. The number of hydrogen-bond acceptors (Lipinski definition) is 6. The number of para-hydroxylation sites is 1. The number of ether oxygens (including phenoxy) is 2. The summed E-state index contributed by atoms with van der Waals surface area (Å²) in [6.45, 7) is 9.48. The molecular formula is C30H44N4O4. The molecule has 2 aliphatic heterocycles. The van der Waals surface area contributed by atoms with Gasteiger partial charge in [-0.25, -0.2) is 9.78 Å². The molecule has 1 aromatic carbocycles. The number of amides is 1. The van der Waals surface area contributed by atoms with Crippen molar-refractivity contribution in [1.82, 2.24) is 19.8 Å². The van der Waals surface area contributed by atoms with Crippen molar-refractivity contribution in [3.63, 3.8) is 0 Å².